The molecule has 0 amide bonds. The molecule has 0 heterocycles. The number of thioether (sulfide) groups is 1. The first-order valence-electron chi connectivity index (χ1n) is 6.13. The zero-order valence-corrected chi connectivity index (χ0v) is 12.1. The summed E-state index contributed by atoms with van der Waals surface area (Å²) in [6.45, 7) is 0. The maximum Gasteiger partial charge on any atom is 0.273 e. The molecule has 2 rings (SSSR count). The van der Waals surface area contributed by atoms with Gasteiger partial charge in [0, 0.05) is 22.3 Å². The summed E-state index contributed by atoms with van der Waals surface area (Å²) in [6.07, 6.45) is 0.792. The minimum Gasteiger partial charge on any atom is -0.496 e. The van der Waals surface area contributed by atoms with Crippen molar-refractivity contribution in [2.24, 2.45) is 0 Å². The number of aldehydes is 1. The highest BCUT2D eigenvalue weighted by Gasteiger charge is 2.10. The van der Waals surface area contributed by atoms with Crippen LogP contribution < -0.4 is 4.74 Å². The molecule has 0 aliphatic rings. The van der Waals surface area contributed by atoms with Gasteiger partial charge in [0.25, 0.3) is 5.69 Å². The number of carbonyl (C=O) groups excluding carboxylic acids is 1. The lowest BCUT2D eigenvalue weighted by molar-refractivity contribution is -0.385. The lowest BCUT2D eigenvalue weighted by atomic mass is 10.2. The Bertz CT molecular complexity index is 672. The summed E-state index contributed by atoms with van der Waals surface area (Å²) in [5.41, 5.74) is 1.41. The van der Waals surface area contributed by atoms with Crippen molar-refractivity contribution < 1.29 is 14.5 Å². The van der Waals surface area contributed by atoms with E-state index in [9.17, 15) is 14.9 Å². The van der Waals surface area contributed by atoms with E-state index in [1.165, 1.54) is 31.0 Å². The third kappa shape index (κ3) is 4.06. The lowest BCUT2D eigenvalue weighted by Crippen LogP contribution is -1.93. The van der Waals surface area contributed by atoms with Crippen molar-refractivity contribution in [2.75, 3.05) is 7.11 Å². The Morgan fingerprint density at radius 2 is 2.10 bits per heavy atom. The highest BCUT2D eigenvalue weighted by molar-refractivity contribution is 7.98. The summed E-state index contributed by atoms with van der Waals surface area (Å²) < 4.78 is 5.07. The van der Waals surface area contributed by atoms with Gasteiger partial charge in [-0.3, -0.25) is 14.9 Å². The van der Waals surface area contributed by atoms with Crippen LogP contribution in [-0.4, -0.2) is 18.3 Å². The molecule has 0 bridgehead atoms. The van der Waals surface area contributed by atoms with Gasteiger partial charge in [-0.25, -0.2) is 0 Å². The quantitative estimate of drug-likeness (QED) is 0.352. The Kier molecular flexibility index (Phi) is 4.94. The molecule has 0 fully saturated rings. The average molecular weight is 303 g/mol. The number of methoxy groups -OCH3 is 1. The molecule has 108 valence electrons. The minimum absolute atomic E-state index is 0.00610. The van der Waals surface area contributed by atoms with E-state index >= 15 is 0 Å². The van der Waals surface area contributed by atoms with Crippen LogP contribution in [0.15, 0.2) is 47.4 Å². The van der Waals surface area contributed by atoms with Gasteiger partial charge in [0.2, 0.25) is 0 Å². The molecule has 0 aliphatic carbocycles. The smallest absolute Gasteiger partial charge is 0.273 e. The summed E-state index contributed by atoms with van der Waals surface area (Å²) >= 11 is 1.51. The molecule has 5 nitrogen and oxygen atoms in total. The van der Waals surface area contributed by atoms with E-state index in [-0.39, 0.29) is 5.69 Å². The zero-order valence-electron chi connectivity index (χ0n) is 11.3. The van der Waals surface area contributed by atoms with E-state index in [4.69, 9.17) is 4.74 Å². The number of nitrogens with zero attached hydrogens (tertiary/aromatic N) is 1. The van der Waals surface area contributed by atoms with E-state index in [1.807, 2.05) is 6.07 Å². The van der Waals surface area contributed by atoms with Crippen molar-refractivity contribution in [2.45, 2.75) is 10.6 Å². The number of nitro benzene ring substituents is 1. The molecule has 0 atom stereocenters. The fraction of sp³-hybridized carbons (Fsp3) is 0.133. The third-order valence-corrected chi connectivity index (χ3v) is 3.86. The Balaban J connectivity index is 2.17. The normalized spacial score (nSPS) is 10.1. The Morgan fingerprint density at radius 3 is 2.76 bits per heavy atom. The van der Waals surface area contributed by atoms with Gasteiger partial charge in [-0.2, -0.15) is 0 Å². The number of non-ortho nitro benzene ring substituents is 1. The predicted octanol–water partition coefficient (Wildman–Crippen LogP) is 3.71. The van der Waals surface area contributed by atoms with Crippen LogP contribution in [0.5, 0.6) is 5.75 Å². The van der Waals surface area contributed by atoms with Crippen molar-refractivity contribution >= 4 is 23.7 Å². The minimum atomic E-state index is -0.441. The molecular formula is C15H13NO4S. The van der Waals surface area contributed by atoms with Crippen LogP contribution in [0.1, 0.15) is 15.9 Å². The van der Waals surface area contributed by atoms with Crippen molar-refractivity contribution in [3.05, 3.63) is 63.7 Å². The van der Waals surface area contributed by atoms with Gasteiger partial charge < -0.3 is 4.74 Å². The summed E-state index contributed by atoms with van der Waals surface area (Å²) in [6, 6.07) is 11.9. The number of nitro groups is 1. The van der Waals surface area contributed by atoms with Gasteiger partial charge in [0.05, 0.1) is 18.1 Å². The Hall–Kier alpha value is -2.34. The van der Waals surface area contributed by atoms with E-state index < -0.39 is 4.92 Å². The third-order valence-electron chi connectivity index (χ3n) is 2.80. The molecule has 0 aromatic heterocycles. The van der Waals surface area contributed by atoms with Gasteiger partial charge in [-0.05, 0) is 23.8 Å². The zero-order chi connectivity index (χ0) is 15.2. The molecular weight excluding hydrogens is 290 g/mol. The highest BCUT2D eigenvalue weighted by Crippen LogP contribution is 2.28. The van der Waals surface area contributed by atoms with Gasteiger partial charge in [0.1, 0.15) is 12.0 Å². The number of benzene rings is 2. The number of hydrogen-bond donors (Lipinski definition) is 0. The Morgan fingerprint density at radius 1 is 1.29 bits per heavy atom. The number of hydrogen-bond acceptors (Lipinski definition) is 5. The van der Waals surface area contributed by atoms with E-state index in [1.54, 1.807) is 24.3 Å². The van der Waals surface area contributed by atoms with Crippen molar-refractivity contribution in [1.82, 2.24) is 0 Å². The van der Waals surface area contributed by atoms with E-state index in [2.05, 4.69) is 0 Å². The van der Waals surface area contributed by atoms with Crippen LogP contribution in [0, 0.1) is 10.1 Å². The number of carbonyl (C=O) groups is 1. The first-order chi connectivity index (χ1) is 10.1. The fourth-order valence-corrected chi connectivity index (χ4v) is 2.69. The molecule has 6 heteroatoms. The van der Waals surface area contributed by atoms with Crippen LogP contribution >= 0.6 is 11.8 Å². The summed E-state index contributed by atoms with van der Waals surface area (Å²) in [5.74, 6) is 1.02. The van der Waals surface area contributed by atoms with Crippen LogP contribution in [0.25, 0.3) is 0 Å². The van der Waals surface area contributed by atoms with Crippen LogP contribution in [0.3, 0.4) is 0 Å². The van der Waals surface area contributed by atoms with Crippen molar-refractivity contribution in [3.8, 4) is 5.75 Å². The lowest BCUT2D eigenvalue weighted by Gasteiger charge is -2.06. The second-order valence-corrected chi connectivity index (χ2v) is 5.32. The first kappa shape index (κ1) is 15.1. The molecule has 0 unspecified atom stereocenters. The summed E-state index contributed by atoms with van der Waals surface area (Å²) in [7, 11) is 1.48. The molecule has 0 aliphatic heterocycles. The molecule has 21 heavy (non-hydrogen) atoms. The second-order valence-electron chi connectivity index (χ2n) is 4.28. The average Bonchev–Trinajstić information content (AvgIpc) is 2.52. The summed E-state index contributed by atoms with van der Waals surface area (Å²) in [4.78, 5) is 22.1. The highest BCUT2D eigenvalue weighted by atomic mass is 32.2. The molecule has 0 spiro atoms. The molecule has 0 saturated heterocycles. The predicted molar refractivity (Wildman–Crippen MR) is 81.0 cm³/mol. The van der Waals surface area contributed by atoms with Gasteiger partial charge in [-0.15, -0.1) is 11.8 Å². The van der Waals surface area contributed by atoms with E-state index in [0.717, 1.165) is 16.7 Å². The van der Waals surface area contributed by atoms with Crippen molar-refractivity contribution in [3.63, 3.8) is 0 Å². The number of rotatable bonds is 6. The SMILES string of the molecule is COc1cc(CSc2cccc(C=O)c2)cc([N+](=O)[O-])c1. The molecule has 2 aromatic carbocycles. The molecule has 0 saturated carbocycles. The first-order valence-corrected chi connectivity index (χ1v) is 7.11. The van der Waals surface area contributed by atoms with Crippen molar-refractivity contribution in [1.29, 1.82) is 0 Å². The molecule has 0 N–H and O–H groups in total. The van der Waals surface area contributed by atoms with Gasteiger partial charge >= 0.3 is 0 Å². The molecule has 2 aromatic rings. The number of ether oxygens (including phenoxy) is 1. The Labute approximate surface area is 126 Å². The van der Waals surface area contributed by atoms with Crippen LogP contribution in [0.2, 0.25) is 0 Å². The topological polar surface area (TPSA) is 69.4 Å². The monoisotopic (exact) mass is 303 g/mol. The maximum atomic E-state index is 10.9. The van der Waals surface area contributed by atoms with Crippen LogP contribution in [0.4, 0.5) is 5.69 Å². The second kappa shape index (κ2) is 6.90. The van der Waals surface area contributed by atoms with Gasteiger partial charge in [0.15, 0.2) is 0 Å². The molecule has 0 radical (unpaired) electrons. The maximum absolute atomic E-state index is 10.9. The fourth-order valence-electron chi connectivity index (χ4n) is 1.79. The standard InChI is InChI=1S/C15H13NO4S/c1-20-14-6-12(5-13(8-14)16(18)19)10-21-15-4-2-3-11(7-15)9-17/h2-9H,10H2,1H3. The van der Waals surface area contributed by atoms with E-state index in [0.29, 0.717) is 17.1 Å². The summed E-state index contributed by atoms with van der Waals surface area (Å²) in [5, 5.41) is 10.9. The largest absolute Gasteiger partial charge is 0.496 e. The van der Waals surface area contributed by atoms with Crippen LogP contribution in [-0.2, 0) is 5.75 Å². The van der Waals surface area contributed by atoms with Gasteiger partial charge in [-0.1, -0.05) is 12.1 Å².